The summed E-state index contributed by atoms with van der Waals surface area (Å²) in [5.41, 5.74) is -0.0720. The second kappa shape index (κ2) is 5.53. The fourth-order valence-electron chi connectivity index (χ4n) is 1.27. The van der Waals surface area contributed by atoms with E-state index in [1.807, 2.05) is 0 Å². The first-order chi connectivity index (χ1) is 7.97. The molecule has 1 heterocycles. The Morgan fingerprint density at radius 3 is 2.71 bits per heavy atom. The lowest BCUT2D eigenvalue weighted by Gasteiger charge is -2.14. The van der Waals surface area contributed by atoms with E-state index in [9.17, 15) is 20.3 Å². The SMILES string of the molecule is CNCC(O)C(O)c1ccc(O)c([N+](=O)[O-])n1. The van der Waals surface area contributed by atoms with Crippen LogP contribution in [0.2, 0.25) is 0 Å². The van der Waals surface area contributed by atoms with Crippen LogP contribution in [0.4, 0.5) is 5.82 Å². The molecule has 0 radical (unpaired) electrons. The van der Waals surface area contributed by atoms with E-state index in [0.29, 0.717) is 0 Å². The average Bonchev–Trinajstić information content (AvgIpc) is 2.28. The molecule has 1 aromatic heterocycles. The van der Waals surface area contributed by atoms with Crippen molar-refractivity contribution in [1.29, 1.82) is 0 Å². The number of nitrogens with one attached hydrogen (secondary N) is 1. The van der Waals surface area contributed by atoms with Crippen LogP contribution in [0.1, 0.15) is 11.8 Å². The molecule has 0 aliphatic heterocycles. The van der Waals surface area contributed by atoms with Gasteiger partial charge < -0.3 is 30.8 Å². The van der Waals surface area contributed by atoms with E-state index in [0.717, 1.165) is 6.07 Å². The Labute approximate surface area is 96.7 Å². The molecule has 0 amide bonds. The van der Waals surface area contributed by atoms with Crippen molar-refractivity contribution in [2.45, 2.75) is 12.2 Å². The van der Waals surface area contributed by atoms with E-state index in [4.69, 9.17) is 5.11 Å². The number of rotatable bonds is 5. The number of aromatic hydroxyl groups is 1. The van der Waals surface area contributed by atoms with Crippen LogP contribution in [0.15, 0.2) is 12.1 Å². The Morgan fingerprint density at radius 2 is 2.18 bits per heavy atom. The molecule has 94 valence electrons. The monoisotopic (exact) mass is 243 g/mol. The number of aliphatic hydroxyl groups is 2. The molecular weight excluding hydrogens is 230 g/mol. The Kier molecular flexibility index (Phi) is 4.32. The lowest BCUT2D eigenvalue weighted by molar-refractivity contribution is -0.390. The Hall–Kier alpha value is -1.77. The minimum atomic E-state index is -1.36. The number of nitrogens with zero attached hydrogens (tertiary/aromatic N) is 2. The topological polar surface area (TPSA) is 129 Å². The summed E-state index contributed by atoms with van der Waals surface area (Å²) in [5, 5.41) is 41.5. The predicted octanol–water partition coefficient (Wildman–Crippen LogP) is -0.691. The van der Waals surface area contributed by atoms with Crippen molar-refractivity contribution in [3.63, 3.8) is 0 Å². The smallest absolute Gasteiger partial charge is 0.406 e. The molecule has 1 rings (SSSR count). The molecule has 0 fully saturated rings. The molecule has 0 bridgehead atoms. The molecule has 2 unspecified atom stereocenters. The van der Waals surface area contributed by atoms with Gasteiger partial charge in [0, 0.05) is 6.54 Å². The third kappa shape index (κ3) is 3.09. The van der Waals surface area contributed by atoms with Crippen molar-refractivity contribution >= 4 is 5.82 Å². The van der Waals surface area contributed by atoms with E-state index >= 15 is 0 Å². The number of likely N-dealkylation sites (N-methyl/N-ethyl adjacent to an activating group) is 1. The van der Waals surface area contributed by atoms with Crippen LogP contribution in [-0.4, -0.2) is 44.9 Å². The highest BCUT2D eigenvalue weighted by Crippen LogP contribution is 2.25. The highest BCUT2D eigenvalue weighted by Gasteiger charge is 2.26. The van der Waals surface area contributed by atoms with Gasteiger partial charge in [0.25, 0.3) is 0 Å². The Morgan fingerprint density at radius 1 is 1.53 bits per heavy atom. The molecule has 8 nitrogen and oxygen atoms in total. The third-order valence-corrected chi connectivity index (χ3v) is 2.13. The van der Waals surface area contributed by atoms with Crippen molar-refractivity contribution in [1.82, 2.24) is 10.3 Å². The molecule has 2 atom stereocenters. The standard InChI is InChI=1S/C9H13N3O5/c1-10-4-7(14)8(15)5-2-3-6(13)9(11-5)12(16)17/h2-3,7-8,10,13-15H,4H2,1H3. The minimum absolute atomic E-state index is 0.0720. The summed E-state index contributed by atoms with van der Waals surface area (Å²) >= 11 is 0. The summed E-state index contributed by atoms with van der Waals surface area (Å²) in [6.45, 7) is 0.109. The largest absolute Gasteiger partial charge is 0.501 e. The first-order valence-electron chi connectivity index (χ1n) is 4.82. The van der Waals surface area contributed by atoms with Gasteiger partial charge in [-0.3, -0.25) is 0 Å². The molecule has 17 heavy (non-hydrogen) atoms. The van der Waals surface area contributed by atoms with Gasteiger partial charge in [0.15, 0.2) is 5.69 Å². The van der Waals surface area contributed by atoms with Crippen LogP contribution < -0.4 is 5.32 Å². The van der Waals surface area contributed by atoms with Gasteiger partial charge in [-0.1, -0.05) is 0 Å². The lowest BCUT2D eigenvalue weighted by Crippen LogP contribution is -2.30. The number of nitro groups is 1. The van der Waals surface area contributed by atoms with Gasteiger partial charge in [0.1, 0.15) is 12.2 Å². The van der Waals surface area contributed by atoms with Gasteiger partial charge in [-0.05, 0) is 29.1 Å². The van der Waals surface area contributed by atoms with Gasteiger partial charge >= 0.3 is 5.82 Å². The van der Waals surface area contributed by atoms with Crippen molar-refractivity contribution in [2.24, 2.45) is 0 Å². The highest BCUT2D eigenvalue weighted by molar-refractivity contribution is 5.39. The molecule has 1 aromatic rings. The number of aromatic nitrogens is 1. The highest BCUT2D eigenvalue weighted by atomic mass is 16.6. The molecule has 0 saturated heterocycles. The van der Waals surface area contributed by atoms with Gasteiger partial charge in [0.05, 0.1) is 0 Å². The van der Waals surface area contributed by atoms with Crippen LogP contribution in [0, 0.1) is 10.1 Å². The van der Waals surface area contributed by atoms with Crippen LogP contribution in [-0.2, 0) is 0 Å². The molecule has 0 spiro atoms. The zero-order valence-corrected chi connectivity index (χ0v) is 9.07. The number of hydrogen-bond donors (Lipinski definition) is 4. The third-order valence-electron chi connectivity index (χ3n) is 2.13. The van der Waals surface area contributed by atoms with Gasteiger partial charge in [-0.15, -0.1) is 0 Å². The fourth-order valence-corrected chi connectivity index (χ4v) is 1.27. The summed E-state index contributed by atoms with van der Waals surface area (Å²) in [6, 6.07) is 2.27. The van der Waals surface area contributed by atoms with E-state index in [2.05, 4.69) is 10.3 Å². The maximum Gasteiger partial charge on any atom is 0.406 e. The second-order valence-corrected chi connectivity index (χ2v) is 3.41. The van der Waals surface area contributed by atoms with Crippen LogP contribution in [0.3, 0.4) is 0 Å². The molecule has 0 saturated carbocycles. The summed E-state index contributed by atoms with van der Waals surface area (Å²) < 4.78 is 0. The number of pyridine rings is 1. The van der Waals surface area contributed by atoms with Gasteiger partial charge in [-0.2, -0.15) is 0 Å². The van der Waals surface area contributed by atoms with Crippen molar-refractivity contribution < 1.29 is 20.2 Å². The summed E-state index contributed by atoms with van der Waals surface area (Å²) in [6.07, 6.45) is -2.50. The molecule has 4 N–H and O–H groups in total. The molecule has 0 aromatic carbocycles. The zero-order chi connectivity index (χ0) is 13.0. The van der Waals surface area contributed by atoms with Crippen molar-refractivity contribution in [3.05, 3.63) is 27.9 Å². The first kappa shape index (κ1) is 13.3. The van der Waals surface area contributed by atoms with Gasteiger partial charge in [-0.25, -0.2) is 0 Å². The zero-order valence-electron chi connectivity index (χ0n) is 9.07. The molecular formula is C9H13N3O5. The summed E-state index contributed by atoms with van der Waals surface area (Å²) in [4.78, 5) is 13.1. The first-order valence-corrected chi connectivity index (χ1v) is 4.82. The van der Waals surface area contributed by atoms with Crippen LogP contribution >= 0.6 is 0 Å². The van der Waals surface area contributed by atoms with Crippen molar-refractivity contribution in [3.8, 4) is 5.75 Å². The summed E-state index contributed by atoms with van der Waals surface area (Å²) in [5.74, 6) is -1.34. The molecule has 8 heteroatoms. The summed E-state index contributed by atoms with van der Waals surface area (Å²) in [7, 11) is 1.59. The molecule has 0 aliphatic rings. The Bertz CT molecular complexity index is 412. The normalized spacial score (nSPS) is 14.3. The second-order valence-electron chi connectivity index (χ2n) is 3.41. The quantitative estimate of drug-likeness (QED) is 0.398. The van der Waals surface area contributed by atoms with E-state index in [1.165, 1.54) is 6.07 Å². The number of hydrogen-bond acceptors (Lipinski definition) is 7. The van der Waals surface area contributed by atoms with E-state index < -0.39 is 28.7 Å². The van der Waals surface area contributed by atoms with Gasteiger partial charge in [0.2, 0.25) is 5.75 Å². The van der Waals surface area contributed by atoms with Crippen molar-refractivity contribution in [2.75, 3.05) is 13.6 Å². The average molecular weight is 243 g/mol. The van der Waals surface area contributed by atoms with Crippen LogP contribution in [0.25, 0.3) is 0 Å². The Balaban J connectivity index is 2.99. The maximum absolute atomic E-state index is 10.5. The lowest BCUT2D eigenvalue weighted by atomic mass is 10.1. The predicted molar refractivity (Wildman–Crippen MR) is 57.4 cm³/mol. The number of aliphatic hydroxyl groups excluding tert-OH is 2. The van der Waals surface area contributed by atoms with Crippen LogP contribution in [0.5, 0.6) is 5.75 Å². The maximum atomic E-state index is 10.5. The van der Waals surface area contributed by atoms with E-state index in [1.54, 1.807) is 7.05 Å². The fraction of sp³-hybridized carbons (Fsp3) is 0.444. The van der Waals surface area contributed by atoms with E-state index in [-0.39, 0.29) is 12.2 Å². The minimum Gasteiger partial charge on any atom is -0.501 e. The molecule has 0 aliphatic carbocycles.